The molecule has 2 aliphatic rings. The van der Waals surface area contributed by atoms with Crippen LogP contribution in [0.25, 0.3) is 0 Å². The van der Waals surface area contributed by atoms with E-state index in [1.54, 1.807) is 17.2 Å². The summed E-state index contributed by atoms with van der Waals surface area (Å²) in [6.45, 7) is 3.81. The minimum atomic E-state index is -3.29. The van der Waals surface area contributed by atoms with E-state index in [9.17, 15) is 18.0 Å². The number of aromatic nitrogens is 3. The summed E-state index contributed by atoms with van der Waals surface area (Å²) in [5.74, 6) is -4.88. The van der Waals surface area contributed by atoms with Crippen LogP contribution in [0.1, 0.15) is 43.8 Å². The summed E-state index contributed by atoms with van der Waals surface area (Å²) in [6.07, 6.45) is 3.47. The molecule has 1 fully saturated rings. The molecule has 9 heteroatoms. The Labute approximate surface area is 153 Å². The van der Waals surface area contributed by atoms with Crippen LogP contribution in [0.5, 0.6) is 0 Å². The summed E-state index contributed by atoms with van der Waals surface area (Å²) in [5, 5.41) is 2.59. The van der Waals surface area contributed by atoms with Gasteiger partial charge in [-0.3, -0.25) is 4.79 Å². The van der Waals surface area contributed by atoms with Gasteiger partial charge < -0.3 is 10.2 Å². The van der Waals surface area contributed by atoms with E-state index < -0.39 is 17.6 Å². The van der Waals surface area contributed by atoms with Crippen molar-refractivity contribution in [2.75, 3.05) is 16.8 Å². The van der Waals surface area contributed by atoms with Crippen LogP contribution in [0.3, 0.4) is 0 Å². The van der Waals surface area contributed by atoms with Crippen molar-refractivity contribution < 1.29 is 18.0 Å². The predicted octanol–water partition coefficient (Wildman–Crippen LogP) is 3.57. The Kier molecular flexibility index (Phi) is 3.70. The number of alkyl halides is 2. The van der Waals surface area contributed by atoms with E-state index >= 15 is 0 Å². The highest BCUT2D eigenvalue weighted by Crippen LogP contribution is 2.58. The van der Waals surface area contributed by atoms with Gasteiger partial charge in [0.1, 0.15) is 5.82 Å². The minimum absolute atomic E-state index is 0.133. The van der Waals surface area contributed by atoms with Crippen LogP contribution in [-0.4, -0.2) is 27.4 Å². The van der Waals surface area contributed by atoms with Gasteiger partial charge in [0.2, 0.25) is 11.7 Å². The zero-order chi connectivity index (χ0) is 19.6. The van der Waals surface area contributed by atoms with Gasteiger partial charge in [-0.2, -0.15) is 8.78 Å². The maximum absolute atomic E-state index is 14.8. The molecule has 0 unspecified atom stereocenters. The Morgan fingerprint density at radius 3 is 2.63 bits per heavy atom. The third kappa shape index (κ3) is 2.90. The molecule has 1 saturated carbocycles. The van der Waals surface area contributed by atoms with Crippen molar-refractivity contribution in [3.05, 3.63) is 35.2 Å². The zero-order valence-electron chi connectivity index (χ0n) is 15.1. The Hall–Kier alpha value is -2.71. The third-order valence-corrected chi connectivity index (χ3v) is 5.01. The molecule has 0 bridgehead atoms. The molecule has 4 rings (SSSR count). The van der Waals surface area contributed by atoms with Gasteiger partial charge in [0.25, 0.3) is 0 Å². The summed E-state index contributed by atoms with van der Waals surface area (Å²) in [4.78, 5) is 24.6. The maximum atomic E-state index is 14.8. The lowest BCUT2D eigenvalue weighted by Gasteiger charge is -2.22. The number of aryl methyl sites for hydroxylation is 1. The topological polar surface area (TPSA) is 71.0 Å². The van der Waals surface area contributed by atoms with Gasteiger partial charge in [-0.25, -0.2) is 19.3 Å². The fourth-order valence-corrected chi connectivity index (χ4v) is 3.49. The van der Waals surface area contributed by atoms with Crippen molar-refractivity contribution in [3.63, 3.8) is 0 Å². The normalized spacial score (nSPS) is 17.2. The number of nitrogens with one attached hydrogen (secondary N) is 1. The van der Waals surface area contributed by atoms with E-state index in [-0.39, 0.29) is 22.8 Å². The van der Waals surface area contributed by atoms with E-state index in [0.717, 1.165) is 18.4 Å². The van der Waals surface area contributed by atoms with E-state index in [1.165, 1.54) is 13.8 Å². The van der Waals surface area contributed by atoms with Crippen LogP contribution in [0, 0.1) is 12.7 Å². The second-order valence-electron chi connectivity index (χ2n) is 7.29. The molecule has 2 aromatic rings. The van der Waals surface area contributed by atoms with Gasteiger partial charge in [0.05, 0.1) is 11.4 Å². The minimum Gasteiger partial charge on any atom is -0.322 e. The molecular formula is C18H18F3N5O. The van der Waals surface area contributed by atoms with E-state index in [1.807, 2.05) is 0 Å². The number of fused-ring (bicyclic) bond motifs is 2. The molecule has 1 aliphatic heterocycles. The van der Waals surface area contributed by atoms with Crippen LogP contribution < -0.4 is 10.2 Å². The van der Waals surface area contributed by atoms with Crippen LogP contribution in [0.2, 0.25) is 0 Å². The molecular weight excluding hydrogens is 359 g/mol. The first-order valence-electron chi connectivity index (χ1n) is 8.59. The van der Waals surface area contributed by atoms with Crippen molar-refractivity contribution in [2.45, 2.75) is 45.0 Å². The molecule has 3 heterocycles. The second-order valence-corrected chi connectivity index (χ2v) is 7.29. The van der Waals surface area contributed by atoms with Gasteiger partial charge in [-0.1, -0.05) is 0 Å². The number of hydrogen-bond donors (Lipinski definition) is 1. The first kappa shape index (κ1) is 17.7. The van der Waals surface area contributed by atoms with Crippen molar-refractivity contribution >= 4 is 23.2 Å². The van der Waals surface area contributed by atoms with Crippen molar-refractivity contribution in [2.24, 2.45) is 0 Å². The number of hydrogen-bond acceptors (Lipinski definition) is 5. The lowest BCUT2D eigenvalue weighted by atomic mass is 10.0. The molecule has 0 atom stereocenters. The molecule has 142 valence electrons. The number of carbonyl (C=O) groups excluding carboxylic acids is 1. The van der Waals surface area contributed by atoms with Gasteiger partial charge in [0, 0.05) is 43.6 Å². The summed E-state index contributed by atoms with van der Waals surface area (Å²) >= 11 is 0. The monoisotopic (exact) mass is 377 g/mol. The second kappa shape index (κ2) is 5.64. The van der Waals surface area contributed by atoms with Crippen molar-refractivity contribution in [3.8, 4) is 0 Å². The maximum Gasteiger partial charge on any atom is 0.303 e. The standard InChI is InChI=1S/C18H18F3N5O/c1-9-14(19)15(25-16(23-9)17(3,20)21)26-8-18(4-5-18)11-7-22-13(6-12(11)26)24-10(2)27/h6-7H,4-5,8H2,1-3H3,(H,22,24,27). The van der Waals surface area contributed by atoms with E-state index in [0.29, 0.717) is 25.0 Å². The SMILES string of the molecule is CC(=O)Nc1cc2c(cn1)C1(CC1)CN2c1nc(C(C)(F)F)nc(C)c1F. The number of carbonyl (C=O) groups is 1. The van der Waals surface area contributed by atoms with Gasteiger partial charge in [-0.15, -0.1) is 0 Å². The van der Waals surface area contributed by atoms with E-state index in [2.05, 4.69) is 20.3 Å². The quantitative estimate of drug-likeness (QED) is 0.885. The Balaban J connectivity index is 1.85. The van der Waals surface area contributed by atoms with Crippen LogP contribution in [0.4, 0.5) is 30.5 Å². The molecule has 2 aromatic heterocycles. The van der Waals surface area contributed by atoms with Gasteiger partial charge in [-0.05, 0) is 19.8 Å². The average Bonchev–Trinajstić information content (AvgIpc) is 3.27. The van der Waals surface area contributed by atoms with Gasteiger partial charge in [0.15, 0.2) is 11.6 Å². The zero-order valence-corrected chi connectivity index (χ0v) is 15.1. The van der Waals surface area contributed by atoms with Crippen LogP contribution >= 0.6 is 0 Å². The fourth-order valence-electron chi connectivity index (χ4n) is 3.49. The highest BCUT2D eigenvalue weighted by Gasteiger charge is 2.53. The largest absolute Gasteiger partial charge is 0.322 e. The highest BCUT2D eigenvalue weighted by atomic mass is 19.3. The Morgan fingerprint density at radius 2 is 2.04 bits per heavy atom. The number of amides is 1. The molecule has 1 amide bonds. The summed E-state index contributed by atoms with van der Waals surface area (Å²) in [5.41, 5.74) is 1.23. The molecule has 0 radical (unpaired) electrons. The van der Waals surface area contributed by atoms with E-state index in [4.69, 9.17) is 0 Å². The lowest BCUT2D eigenvalue weighted by molar-refractivity contribution is -0.114. The lowest BCUT2D eigenvalue weighted by Crippen LogP contribution is -2.24. The fraction of sp³-hybridized carbons (Fsp3) is 0.444. The molecule has 1 spiro atoms. The van der Waals surface area contributed by atoms with Crippen LogP contribution in [-0.2, 0) is 16.1 Å². The smallest absolute Gasteiger partial charge is 0.303 e. The molecule has 1 aliphatic carbocycles. The number of pyridine rings is 1. The molecule has 0 saturated heterocycles. The number of nitrogens with zero attached hydrogens (tertiary/aromatic N) is 4. The van der Waals surface area contributed by atoms with Crippen molar-refractivity contribution in [1.82, 2.24) is 15.0 Å². The summed E-state index contributed by atoms with van der Waals surface area (Å²) < 4.78 is 42.4. The molecule has 6 nitrogen and oxygen atoms in total. The summed E-state index contributed by atoms with van der Waals surface area (Å²) in [6, 6.07) is 1.63. The average molecular weight is 377 g/mol. The first-order chi connectivity index (χ1) is 12.6. The summed E-state index contributed by atoms with van der Waals surface area (Å²) in [7, 11) is 0. The first-order valence-corrected chi connectivity index (χ1v) is 8.59. The van der Waals surface area contributed by atoms with Gasteiger partial charge >= 0.3 is 5.92 Å². The number of halogens is 3. The third-order valence-electron chi connectivity index (χ3n) is 5.01. The number of rotatable bonds is 3. The number of anilines is 3. The molecule has 27 heavy (non-hydrogen) atoms. The predicted molar refractivity (Wildman–Crippen MR) is 92.8 cm³/mol. The molecule has 0 aromatic carbocycles. The Bertz CT molecular complexity index is 953. The molecule has 1 N–H and O–H groups in total. The van der Waals surface area contributed by atoms with Crippen molar-refractivity contribution in [1.29, 1.82) is 0 Å². The Morgan fingerprint density at radius 1 is 1.33 bits per heavy atom. The van der Waals surface area contributed by atoms with Crippen LogP contribution in [0.15, 0.2) is 12.3 Å². The highest BCUT2D eigenvalue weighted by molar-refractivity contribution is 5.89.